The molecule has 2 rings (SSSR count). The highest BCUT2D eigenvalue weighted by atomic mass is 16.5. The van der Waals surface area contributed by atoms with Crippen LogP contribution < -0.4 is 4.74 Å². The van der Waals surface area contributed by atoms with E-state index in [1.807, 2.05) is 18.2 Å². The number of nitrogens with zero attached hydrogens (tertiary/aromatic N) is 1. The second-order valence-electron chi connectivity index (χ2n) is 5.53. The van der Waals surface area contributed by atoms with Crippen molar-refractivity contribution in [1.29, 1.82) is 0 Å². The first-order valence-corrected chi connectivity index (χ1v) is 6.78. The molecule has 112 valence electrons. The minimum absolute atomic E-state index is 0.0106. The van der Waals surface area contributed by atoms with Crippen LogP contribution in [0, 0.1) is 0 Å². The van der Waals surface area contributed by atoms with Crippen molar-refractivity contribution >= 4 is 5.97 Å². The summed E-state index contributed by atoms with van der Waals surface area (Å²) < 4.78 is 10.5. The predicted octanol–water partition coefficient (Wildman–Crippen LogP) is 3.74. The van der Waals surface area contributed by atoms with Gasteiger partial charge in [0.15, 0.2) is 11.5 Å². The van der Waals surface area contributed by atoms with E-state index >= 15 is 0 Å². The Morgan fingerprint density at radius 1 is 1.38 bits per heavy atom. The SMILES string of the molecule is CCC(C)(C)c1ccc(OC)c(-c2cc(C(=O)O)no2)c1. The van der Waals surface area contributed by atoms with Gasteiger partial charge in [-0.2, -0.15) is 0 Å². The highest BCUT2D eigenvalue weighted by Gasteiger charge is 2.22. The van der Waals surface area contributed by atoms with Gasteiger partial charge in [0.1, 0.15) is 5.75 Å². The molecular weight excluding hydrogens is 270 g/mol. The standard InChI is InChI=1S/C16H19NO4/c1-5-16(2,3)10-6-7-13(20-4)11(8-10)14-9-12(15(18)19)17-21-14/h6-9H,5H2,1-4H3,(H,18,19). The van der Waals surface area contributed by atoms with Gasteiger partial charge in [-0.15, -0.1) is 0 Å². The van der Waals surface area contributed by atoms with Crippen LogP contribution in [-0.2, 0) is 5.41 Å². The lowest BCUT2D eigenvalue weighted by atomic mass is 9.81. The fourth-order valence-electron chi connectivity index (χ4n) is 2.03. The molecule has 5 nitrogen and oxygen atoms in total. The number of carboxylic acids is 1. The molecule has 0 spiro atoms. The highest BCUT2D eigenvalue weighted by molar-refractivity contribution is 5.86. The Morgan fingerprint density at radius 3 is 2.62 bits per heavy atom. The minimum atomic E-state index is -1.12. The van der Waals surface area contributed by atoms with Crippen LogP contribution in [0.1, 0.15) is 43.2 Å². The van der Waals surface area contributed by atoms with E-state index in [-0.39, 0.29) is 11.1 Å². The van der Waals surface area contributed by atoms with Gasteiger partial charge >= 0.3 is 5.97 Å². The van der Waals surface area contributed by atoms with Gasteiger partial charge in [0.25, 0.3) is 0 Å². The van der Waals surface area contributed by atoms with Gasteiger partial charge in [-0.3, -0.25) is 0 Å². The Labute approximate surface area is 123 Å². The third-order valence-corrected chi connectivity index (χ3v) is 3.86. The van der Waals surface area contributed by atoms with Gasteiger partial charge in [-0.25, -0.2) is 4.79 Å². The molecule has 0 saturated carbocycles. The van der Waals surface area contributed by atoms with E-state index in [1.54, 1.807) is 7.11 Å². The van der Waals surface area contributed by atoms with E-state index in [0.29, 0.717) is 17.1 Å². The van der Waals surface area contributed by atoms with Gasteiger partial charge in [-0.1, -0.05) is 32.0 Å². The lowest BCUT2D eigenvalue weighted by Crippen LogP contribution is -2.15. The summed E-state index contributed by atoms with van der Waals surface area (Å²) in [5, 5.41) is 12.5. The van der Waals surface area contributed by atoms with Gasteiger partial charge in [0, 0.05) is 6.07 Å². The number of aromatic nitrogens is 1. The molecule has 2 aromatic rings. The fourth-order valence-corrected chi connectivity index (χ4v) is 2.03. The van der Waals surface area contributed by atoms with Crippen molar-refractivity contribution < 1.29 is 19.2 Å². The van der Waals surface area contributed by atoms with Crippen LogP contribution in [0.2, 0.25) is 0 Å². The third kappa shape index (κ3) is 2.91. The number of carboxylic acid groups (broad SMARTS) is 1. The van der Waals surface area contributed by atoms with Crippen LogP contribution in [0.4, 0.5) is 0 Å². The molecule has 0 bridgehead atoms. The molecule has 1 heterocycles. The molecule has 0 radical (unpaired) electrons. The molecule has 0 saturated heterocycles. The van der Waals surface area contributed by atoms with E-state index in [2.05, 4.69) is 25.9 Å². The first-order valence-electron chi connectivity index (χ1n) is 6.78. The molecule has 1 aromatic heterocycles. The summed E-state index contributed by atoms with van der Waals surface area (Å²) in [7, 11) is 1.57. The maximum absolute atomic E-state index is 10.9. The summed E-state index contributed by atoms with van der Waals surface area (Å²) in [5.41, 5.74) is 1.73. The predicted molar refractivity (Wildman–Crippen MR) is 78.8 cm³/mol. The Kier molecular flexibility index (Phi) is 4.02. The zero-order chi connectivity index (χ0) is 15.6. The van der Waals surface area contributed by atoms with Crippen LogP contribution in [0.15, 0.2) is 28.8 Å². The maximum atomic E-state index is 10.9. The van der Waals surface area contributed by atoms with Crippen LogP contribution in [-0.4, -0.2) is 23.3 Å². The Morgan fingerprint density at radius 2 is 2.10 bits per heavy atom. The van der Waals surface area contributed by atoms with Crippen LogP contribution in [0.25, 0.3) is 11.3 Å². The average Bonchev–Trinajstić information content (AvgIpc) is 2.96. The summed E-state index contributed by atoms with van der Waals surface area (Å²) in [5.74, 6) is -0.106. The van der Waals surface area contributed by atoms with Crippen LogP contribution >= 0.6 is 0 Å². The minimum Gasteiger partial charge on any atom is -0.496 e. The smallest absolute Gasteiger partial charge is 0.358 e. The normalized spacial score (nSPS) is 11.4. The van der Waals surface area contributed by atoms with Crippen molar-refractivity contribution in [2.24, 2.45) is 0 Å². The number of hydrogen-bond donors (Lipinski definition) is 1. The fraction of sp³-hybridized carbons (Fsp3) is 0.375. The van der Waals surface area contributed by atoms with Crippen LogP contribution in [0.3, 0.4) is 0 Å². The number of rotatable bonds is 5. The second-order valence-corrected chi connectivity index (χ2v) is 5.53. The van der Waals surface area contributed by atoms with E-state index in [9.17, 15) is 4.79 Å². The van der Waals surface area contributed by atoms with Crippen molar-refractivity contribution in [3.05, 3.63) is 35.5 Å². The highest BCUT2D eigenvalue weighted by Crippen LogP contribution is 2.36. The second kappa shape index (κ2) is 5.60. The quantitative estimate of drug-likeness (QED) is 0.907. The molecular formula is C16H19NO4. The molecule has 0 fully saturated rings. The van der Waals surface area contributed by atoms with E-state index in [1.165, 1.54) is 6.07 Å². The number of ether oxygens (including phenoxy) is 1. The molecule has 0 aliphatic carbocycles. The number of aromatic carboxylic acids is 1. The molecule has 0 aliphatic rings. The number of hydrogen-bond acceptors (Lipinski definition) is 4. The van der Waals surface area contributed by atoms with Gasteiger partial charge in [0.05, 0.1) is 12.7 Å². The first kappa shape index (κ1) is 15.1. The largest absolute Gasteiger partial charge is 0.496 e. The number of methoxy groups -OCH3 is 1. The van der Waals surface area contributed by atoms with Crippen molar-refractivity contribution in [3.8, 4) is 17.1 Å². The van der Waals surface area contributed by atoms with E-state index in [4.69, 9.17) is 14.4 Å². The van der Waals surface area contributed by atoms with Crippen molar-refractivity contribution in [2.45, 2.75) is 32.6 Å². The lowest BCUT2D eigenvalue weighted by molar-refractivity contribution is 0.0686. The molecule has 0 aliphatic heterocycles. The molecule has 21 heavy (non-hydrogen) atoms. The summed E-state index contributed by atoms with van der Waals surface area (Å²) >= 11 is 0. The molecule has 5 heteroatoms. The maximum Gasteiger partial charge on any atom is 0.358 e. The Hall–Kier alpha value is -2.30. The summed E-state index contributed by atoms with van der Waals surface area (Å²) in [4.78, 5) is 10.9. The summed E-state index contributed by atoms with van der Waals surface area (Å²) in [6, 6.07) is 7.25. The summed E-state index contributed by atoms with van der Waals surface area (Å²) in [6.07, 6.45) is 0.982. The van der Waals surface area contributed by atoms with Crippen LogP contribution in [0.5, 0.6) is 5.75 Å². The number of benzene rings is 1. The monoisotopic (exact) mass is 289 g/mol. The molecule has 1 aromatic carbocycles. The van der Waals surface area contributed by atoms with Crippen molar-refractivity contribution in [1.82, 2.24) is 5.16 Å². The first-order chi connectivity index (χ1) is 9.89. The zero-order valence-corrected chi connectivity index (χ0v) is 12.6. The lowest BCUT2D eigenvalue weighted by Gasteiger charge is -2.24. The van der Waals surface area contributed by atoms with Gasteiger partial charge < -0.3 is 14.4 Å². The summed E-state index contributed by atoms with van der Waals surface area (Å²) in [6.45, 7) is 6.43. The van der Waals surface area contributed by atoms with Crippen molar-refractivity contribution in [3.63, 3.8) is 0 Å². The van der Waals surface area contributed by atoms with Crippen molar-refractivity contribution in [2.75, 3.05) is 7.11 Å². The molecule has 0 unspecified atom stereocenters. The average molecular weight is 289 g/mol. The topological polar surface area (TPSA) is 72.6 Å². The Bertz CT molecular complexity index is 658. The van der Waals surface area contributed by atoms with Gasteiger partial charge in [-0.05, 0) is 29.5 Å². The third-order valence-electron chi connectivity index (χ3n) is 3.86. The van der Waals surface area contributed by atoms with E-state index in [0.717, 1.165) is 12.0 Å². The molecule has 1 N–H and O–H groups in total. The number of carbonyl (C=O) groups is 1. The Balaban J connectivity index is 2.54. The van der Waals surface area contributed by atoms with E-state index < -0.39 is 5.97 Å². The van der Waals surface area contributed by atoms with Gasteiger partial charge in [0.2, 0.25) is 0 Å². The zero-order valence-electron chi connectivity index (χ0n) is 12.6. The molecule has 0 amide bonds. The molecule has 0 atom stereocenters.